The predicted octanol–water partition coefficient (Wildman–Crippen LogP) is -2.73. The second-order valence-corrected chi connectivity index (χ2v) is 16.4. The molecule has 0 amide bonds. The number of aliphatic hydroxyl groups excluding tert-OH is 8. The Bertz CT molecular complexity index is 1920. The number of carboxylic acids is 2. The molecule has 6 aliphatic rings. The minimum Gasteiger partial charge on any atom is -0.507 e. The van der Waals surface area contributed by atoms with Crippen LogP contribution in [0.2, 0.25) is 0 Å². The van der Waals surface area contributed by atoms with Crippen LogP contribution in [0.3, 0.4) is 0 Å². The lowest BCUT2D eigenvalue weighted by Crippen LogP contribution is -2.60. The minimum absolute atomic E-state index is 0.0715. The summed E-state index contributed by atoms with van der Waals surface area (Å²) in [4.78, 5) is 50.6. The van der Waals surface area contributed by atoms with Gasteiger partial charge in [0, 0.05) is 35.5 Å². The zero-order valence-electron chi connectivity index (χ0n) is 33.3. The average molecular weight is 899 g/mol. The number of aliphatic hydroxyl groups is 8. The molecule has 4 aliphatic heterocycles. The van der Waals surface area contributed by atoms with Gasteiger partial charge in [0.25, 0.3) is 0 Å². The maximum Gasteiger partial charge on any atom is 0.341 e. The average Bonchev–Trinajstić information content (AvgIpc) is 3.90. The van der Waals surface area contributed by atoms with Crippen LogP contribution in [0.1, 0.15) is 46.4 Å². The molecule has 11 N–H and O–H groups in total. The van der Waals surface area contributed by atoms with Crippen LogP contribution in [0.15, 0.2) is 41.9 Å². The normalized spacial score (nSPS) is 39.7. The lowest BCUT2D eigenvalue weighted by Gasteiger charge is -2.43. The van der Waals surface area contributed by atoms with Crippen LogP contribution in [0, 0.1) is 35.5 Å². The first-order valence-corrected chi connectivity index (χ1v) is 20.3. The number of carbonyl (C=O) groups is 4. The van der Waals surface area contributed by atoms with Gasteiger partial charge in [-0.05, 0) is 43.9 Å². The fraction of sp³-hybridized carbons (Fsp3) is 0.650. The van der Waals surface area contributed by atoms with Crippen molar-refractivity contribution in [1.82, 2.24) is 0 Å². The van der Waals surface area contributed by atoms with Gasteiger partial charge in [-0.2, -0.15) is 0 Å². The smallest absolute Gasteiger partial charge is 0.341 e. The molecule has 0 aromatic heterocycles. The molecule has 1 aromatic rings. The number of carboxylic acid groups (broad SMARTS) is 2. The molecule has 0 radical (unpaired) electrons. The monoisotopic (exact) mass is 898 g/mol. The first-order valence-electron chi connectivity index (χ1n) is 20.3. The summed E-state index contributed by atoms with van der Waals surface area (Å²) in [6.45, 7) is -2.05. The van der Waals surface area contributed by atoms with Gasteiger partial charge in [0.05, 0.1) is 55.7 Å². The number of rotatable bonds is 14. The first kappa shape index (κ1) is 46.5. The number of ether oxygens (including phenoxy) is 8. The fourth-order valence-corrected chi connectivity index (χ4v) is 9.43. The van der Waals surface area contributed by atoms with E-state index in [9.17, 15) is 75.3 Å². The largest absolute Gasteiger partial charge is 0.507 e. The Balaban J connectivity index is 0.974. The van der Waals surface area contributed by atoms with E-state index in [1.807, 2.05) is 0 Å². The van der Waals surface area contributed by atoms with E-state index in [2.05, 4.69) is 0 Å². The number of hydrogen-bond acceptors (Lipinski definition) is 21. The zero-order chi connectivity index (χ0) is 45.4. The van der Waals surface area contributed by atoms with Crippen molar-refractivity contribution in [2.75, 3.05) is 26.4 Å². The van der Waals surface area contributed by atoms with Gasteiger partial charge in [-0.3, -0.25) is 0 Å². The van der Waals surface area contributed by atoms with Crippen molar-refractivity contribution in [3.05, 3.63) is 53.0 Å². The van der Waals surface area contributed by atoms with Crippen molar-refractivity contribution in [3.63, 3.8) is 0 Å². The highest BCUT2D eigenvalue weighted by molar-refractivity contribution is 5.96. The summed E-state index contributed by atoms with van der Waals surface area (Å²) >= 11 is 0. The van der Waals surface area contributed by atoms with Gasteiger partial charge in [-0.1, -0.05) is 0 Å². The van der Waals surface area contributed by atoms with Crippen molar-refractivity contribution in [2.24, 2.45) is 35.5 Å². The highest BCUT2D eigenvalue weighted by Crippen LogP contribution is 2.49. The molecule has 18 atom stereocenters. The van der Waals surface area contributed by atoms with Crippen molar-refractivity contribution in [3.8, 4) is 5.75 Å². The van der Waals surface area contributed by atoms with E-state index < -0.39 is 152 Å². The summed E-state index contributed by atoms with van der Waals surface area (Å²) in [6, 6.07) is 3.30. The number of aliphatic carboxylic acids is 2. The lowest BCUT2D eigenvalue weighted by molar-refractivity contribution is -0.343. The molecule has 23 nitrogen and oxygen atoms in total. The standard InChI is InChI=1S/C40H50O23/c41-8-23-27(44)29(46)31(48)39(60-23)62-37-25-15(2-4-17(25)20(12-58-37)33(50)51)10-56-35(54)14-1-6-19(22(43)7-14)36(55)57-11-16-3-5-18-21(34(52)53)13-59-38(26(16)18)63-40-32(49)30(47)28(45)24(9-42)61-40/h1,6-7,12-13,15-18,23-32,37-49H,2-5,8-11H2,(H,50,51)(H,52,53)/t15-,16-,17?,18?,23-,24-,25?,26?,27-,28-,29+,30+,31-,32-,37+,38+,39+,40+/m1/s1. The van der Waals surface area contributed by atoms with E-state index in [1.54, 1.807) is 0 Å². The highest BCUT2D eigenvalue weighted by atomic mass is 16.8. The van der Waals surface area contributed by atoms with Crippen LogP contribution in [0.5, 0.6) is 5.75 Å². The molecule has 2 saturated heterocycles. The van der Waals surface area contributed by atoms with E-state index in [4.69, 9.17) is 37.9 Å². The van der Waals surface area contributed by atoms with Gasteiger partial charge in [0.1, 0.15) is 60.1 Å². The maximum atomic E-state index is 13.3. The number of benzene rings is 1. The third-order valence-electron chi connectivity index (χ3n) is 12.8. The highest BCUT2D eigenvalue weighted by Gasteiger charge is 2.54. The van der Waals surface area contributed by atoms with Crippen LogP contribution >= 0.6 is 0 Å². The van der Waals surface area contributed by atoms with Crippen LogP contribution in [-0.2, 0) is 47.5 Å². The Morgan fingerprint density at radius 3 is 1.44 bits per heavy atom. The third kappa shape index (κ3) is 9.23. The Morgan fingerprint density at radius 2 is 1.03 bits per heavy atom. The number of carbonyl (C=O) groups excluding carboxylic acids is 2. The summed E-state index contributed by atoms with van der Waals surface area (Å²) in [5, 5.41) is 111. The van der Waals surface area contributed by atoms with E-state index in [1.165, 1.54) is 6.07 Å². The quantitative estimate of drug-likeness (QED) is 0.0845. The molecule has 348 valence electrons. The number of phenolic OH excluding ortho intramolecular Hbond substituents is 1. The summed E-state index contributed by atoms with van der Waals surface area (Å²) < 4.78 is 44.9. The predicted molar refractivity (Wildman–Crippen MR) is 199 cm³/mol. The van der Waals surface area contributed by atoms with Gasteiger partial charge in [-0.25, -0.2) is 19.2 Å². The molecule has 0 bridgehead atoms. The number of fused-ring (bicyclic) bond motifs is 2. The molecule has 1 aromatic carbocycles. The Hall–Kier alpha value is -4.50. The van der Waals surface area contributed by atoms with Gasteiger partial charge < -0.3 is 94.1 Å². The number of hydrogen-bond donors (Lipinski definition) is 11. The number of aromatic hydroxyl groups is 1. The van der Waals surface area contributed by atoms with Gasteiger partial charge >= 0.3 is 23.9 Å². The van der Waals surface area contributed by atoms with Gasteiger partial charge in [0.15, 0.2) is 12.6 Å². The lowest BCUT2D eigenvalue weighted by atomic mass is 9.83. The first-order chi connectivity index (χ1) is 30.0. The second-order valence-electron chi connectivity index (χ2n) is 16.4. The molecular formula is C40H50O23. The molecule has 2 aliphatic carbocycles. The van der Waals surface area contributed by atoms with Crippen molar-refractivity contribution in [2.45, 2.75) is 99.7 Å². The molecule has 4 heterocycles. The second kappa shape index (κ2) is 19.3. The van der Waals surface area contributed by atoms with Crippen molar-refractivity contribution < 1.29 is 113 Å². The summed E-state index contributed by atoms with van der Waals surface area (Å²) in [5.74, 6) is -9.14. The van der Waals surface area contributed by atoms with Crippen LogP contribution in [-0.4, -0.2) is 180 Å². The minimum atomic E-state index is -1.78. The van der Waals surface area contributed by atoms with E-state index in [0.717, 1.165) is 24.7 Å². The van der Waals surface area contributed by atoms with E-state index in [0.29, 0.717) is 25.7 Å². The molecule has 4 unspecified atom stereocenters. The SMILES string of the molecule is O=C(O)C1=CO[C@@H](O[C@@H]2O[C@H](CO)[C@@H](O)[C@H](O)[C@H]2O)C2C1CC[C@@H]2COC(=O)c1ccc(C(=O)OC[C@H]2CCC3C(C(=O)O)=CO[C@@H](O[C@@H]4O[C@H](CO)[C@@H](O)[C@H](O)[C@H]4O)C32)c(O)c1. The molecule has 4 fully saturated rings. The van der Waals surface area contributed by atoms with Crippen molar-refractivity contribution in [1.29, 1.82) is 0 Å². The molecule has 63 heavy (non-hydrogen) atoms. The van der Waals surface area contributed by atoms with Crippen LogP contribution < -0.4 is 0 Å². The topological polar surface area (TPSA) is 365 Å². The summed E-state index contributed by atoms with van der Waals surface area (Å²) in [6.07, 6.45) is -15.4. The molecule has 7 rings (SSSR count). The van der Waals surface area contributed by atoms with Crippen LogP contribution in [0.25, 0.3) is 0 Å². The van der Waals surface area contributed by atoms with Crippen LogP contribution in [0.4, 0.5) is 0 Å². The van der Waals surface area contributed by atoms with Gasteiger partial charge in [0.2, 0.25) is 12.6 Å². The molecule has 23 heteroatoms. The summed E-state index contributed by atoms with van der Waals surface area (Å²) in [5.41, 5.74) is -0.651. The molecular weight excluding hydrogens is 848 g/mol. The Labute approximate surface area is 357 Å². The fourth-order valence-electron chi connectivity index (χ4n) is 9.43. The van der Waals surface area contributed by atoms with Gasteiger partial charge in [-0.15, -0.1) is 0 Å². The Kier molecular flexibility index (Phi) is 14.2. The van der Waals surface area contributed by atoms with E-state index >= 15 is 0 Å². The molecule has 0 spiro atoms. The number of phenols is 1. The Morgan fingerprint density at radius 1 is 0.587 bits per heavy atom. The zero-order valence-corrected chi connectivity index (χ0v) is 33.3. The number of esters is 2. The third-order valence-corrected chi connectivity index (χ3v) is 12.8. The van der Waals surface area contributed by atoms with Crippen molar-refractivity contribution >= 4 is 23.9 Å². The maximum absolute atomic E-state index is 13.3. The summed E-state index contributed by atoms with van der Waals surface area (Å²) in [7, 11) is 0. The van der Waals surface area contributed by atoms with E-state index in [-0.39, 0.29) is 35.5 Å². The molecule has 2 saturated carbocycles.